The third kappa shape index (κ3) is 4.68. The molecule has 0 fully saturated rings. The van der Waals surface area contributed by atoms with Gasteiger partial charge in [0, 0.05) is 5.56 Å². The highest BCUT2D eigenvalue weighted by Crippen LogP contribution is 2.35. The molecule has 0 atom stereocenters. The van der Waals surface area contributed by atoms with E-state index in [0.717, 1.165) is 14.2 Å². The molecule has 0 saturated heterocycles. The molecule has 0 bridgehead atoms. The summed E-state index contributed by atoms with van der Waals surface area (Å²) in [7, 11) is 2.24. The van der Waals surface area contributed by atoms with Crippen LogP contribution in [0, 0.1) is 0 Å². The highest BCUT2D eigenvalue weighted by atomic mass is 19.4. The first-order valence-electron chi connectivity index (χ1n) is 8.91. The second-order valence-corrected chi connectivity index (χ2v) is 6.20. The van der Waals surface area contributed by atoms with Crippen molar-refractivity contribution in [1.29, 1.82) is 0 Å². The number of carbonyl (C=O) groups excluding carboxylic acids is 2. The van der Waals surface area contributed by atoms with Crippen LogP contribution in [0.3, 0.4) is 0 Å². The molecule has 0 aliphatic heterocycles. The Bertz CT molecular complexity index is 1090. The van der Waals surface area contributed by atoms with Crippen LogP contribution in [0.4, 0.5) is 13.2 Å². The number of esters is 2. The first kappa shape index (κ1) is 21.9. The number of hydrogen-bond acceptors (Lipinski definition) is 6. The van der Waals surface area contributed by atoms with Gasteiger partial charge in [-0.05, 0) is 24.3 Å². The van der Waals surface area contributed by atoms with Crippen LogP contribution < -0.4 is 4.74 Å². The maximum Gasteiger partial charge on any atom is 0.422 e. The van der Waals surface area contributed by atoms with Gasteiger partial charge in [0.2, 0.25) is 0 Å². The van der Waals surface area contributed by atoms with Crippen LogP contribution in [0.1, 0.15) is 20.8 Å². The van der Waals surface area contributed by atoms with E-state index in [1.54, 1.807) is 30.3 Å². The molecule has 3 rings (SSSR count). The summed E-state index contributed by atoms with van der Waals surface area (Å²) in [5.74, 6) is -1.96. The standard InChI is InChI=1S/C21H17F3N2O5/c1-29-19(27)16-17(14-10-6-7-11-15(14)31-12-21(22,23)24)25-26(18(16)20(28)30-2)13-8-4-3-5-9-13/h3-11H,12H2,1-2H3. The predicted molar refractivity (Wildman–Crippen MR) is 103 cm³/mol. The summed E-state index contributed by atoms with van der Waals surface area (Å²) in [4.78, 5) is 25.2. The Labute approximate surface area is 175 Å². The van der Waals surface area contributed by atoms with Crippen molar-refractivity contribution in [2.24, 2.45) is 0 Å². The molecule has 0 amide bonds. The van der Waals surface area contributed by atoms with Crippen LogP contribution in [0.25, 0.3) is 16.9 Å². The summed E-state index contributed by atoms with van der Waals surface area (Å²) in [6.07, 6.45) is -4.57. The minimum atomic E-state index is -4.57. The number of nitrogens with zero attached hydrogens (tertiary/aromatic N) is 2. The molecule has 2 aromatic carbocycles. The van der Waals surface area contributed by atoms with Crippen molar-refractivity contribution in [2.75, 3.05) is 20.8 Å². The molecule has 0 N–H and O–H groups in total. The largest absolute Gasteiger partial charge is 0.483 e. The van der Waals surface area contributed by atoms with E-state index in [0.29, 0.717) is 5.69 Å². The summed E-state index contributed by atoms with van der Waals surface area (Å²) >= 11 is 0. The number of methoxy groups -OCH3 is 2. The van der Waals surface area contributed by atoms with Gasteiger partial charge >= 0.3 is 18.1 Å². The number of alkyl halides is 3. The molecule has 1 heterocycles. The number of halogens is 3. The van der Waals surface area contributed by atoms with E-state index >= 15 is 0 Å². The maximum absolute atomic E-state index is 12.7. The predicted octanol–water partition coefficient (Wildman–Crippen LogP) is 4.05. The third-order valence-electron chi connectivity index (χ3n) is 4.19. The summed E-state index contributed by atoms with van der Waals surface area (Å²) < 4.78 is 53.8. The summed E-state index contributed by atoms with van der Waals surface area (Å²) in [5.41, 5.74) is -0.0868. The molecule has 0 saturated carbocycles. The molecule has 0 aliphatic rings. The van der Waals surface area contributed by atoms with Gasteiger partial charge in [-0.15, -0.1) is 0 Å². The van der Waals surface area contributed by atoms with Crippen LogP contribution in [-0.2, 0) is 9.47 Å². The quantitative estimate of drug-likeness (QED) is 0.545. The summed E-state index contributed by atoms with van der Waals surface area (Å²) in [6.45, 7) is -1.54. The van der Waals surface area contributed by atoms with E-state index in [4.69, 9.17) is 14.2 Å². The number of aromatic nitrogens is 2. The Kier molecular flexibility index (Phi) is 6.28. The van der Waals surface area contributed by atoms with Gasteiger partial charge in [-0.3, -0.25) is 0 Å². The lowest BCUT2D eigenvalue weighted by Crippen LogP contribution is -2.19. The topological polar surface area (TPSA) is 79.7 Å². The van der Waals surface area contributed by atoms with Gasteiger partial charge < -0.3 is 14.2 Å². The van der Waals surface area contributed by atoms with Crippen LogP contribution in [-0.4, -0.2) is 48.7 Å². The zero-order valence-electron chi connectivity index (χ0n) is 16.5. The lowest BCUT2D eigenvalue weighted by atomic mass is 10.0. The molecule has 7 nitrogen and oxygen atoms in total. The summed E-state index contributed by atoms with van der Waals surface area (Å²) in [5, 5.41) is 4.35. The Morgan fingerprint density at radius 3 is 2.16 bits per heavy atom. The van der Waals surface area contributed by atoms with Crippen LogP contribution in [0.5, 0.6) is 5.75 Å². The third-order valence-corrected chi connectivity index (χ3v) is 4.19. The number of hydrogen-bond donors (Lipinski definition) is 0. The van der Waals surface area contributed by atoms with Gasteiger partial charge in [0.1, 0.15) is 17.0 Å². The first-order valence-corrected chi connectivity index (χ1v) is 8.91. The molecule has 0 spiro atoms. The number of benzene rings is 2. The van der Waals surface area contributed by atoms with Crippen molar-refractivity contribution in [3.8, 4) is 22.7 Å². The van der Waals surface area contributed by atoms with E-state index in [-0.39, 0.29) is 28.3 Å². The molecule has 1 aromatic heterocycles. The lowest BCUT2D eigenvalue weighted by molar-refractivity contribution is -0.153. The van der Waals surface area contributed by atoms with Gasteiger partial charge in [0.15, 0.2) is 12.3 Å². The van der Waals surface area contributed by atoms with Crippen molar-refractivity contribution in [3.63, 3.8) is 0 Å². The maximum atomic E-state index is 12.7. The highest BCUT2D eigenvalue weighted by molar-refractivity contribution is 6.07. The second kappa shape index (κ2) is 8.90. The number of para-hydroxylation sites is 2. The average molecular weight is 434 g/mol. The fraction of sp³-hybridized carbons (Fsp3) is 0.190. The molecule has 162 valence electrons. The molecular formula is C21H17F3N2O5. The monoisotopic (exact) mass is 434 g/mol. The van der Waals surface area contributed by atoms with Crippen molar-refractivity contribution in [3.05, 3.63) is 65.9 Å². The zero-order valence-corrected chi connectivity index (χ0v) is 16.5. The van der Waals surface area contributed by atoms with E-state index in [9.17, 15) is 22.8 Å². The Hall–Kier alpha value is -3.82. The number of carbonyl (C=O) groups is 2. The molecule has 0 aliphatic carbocycles. The van der Waals surface area contributed by atoms with Crippen molar-refractivity contribution < 1.29 is 37.0 Å². The molecular weight excluding hydrogens is 417 g/mol. The van der Waals surface area contributed by atoms with E-state index in [1.165, 1.54) is 28.9 Å². The molecule has 0 unspecified atom stereocenters. The average Bonchev–Trinajstić information content (AvgIpc) is 3.17. The smallest absolute Gasteiger partial charge is 0.422 e. The van der Waals surface area contributed by atoms with Gasteiger partial charge in [0.25, 0.3) is 0 Å². The van der Waals surface area contributed by atoms with Gasteiger partial charge in [-0.25, -0.2) is 14.3 Å². The lowest BCUT2D eigenvalue weighted by Gasteiger charge is -2.12. The van der Waals surface area contributed by atoms with Crippen LogP contribution in [0.15, 0.2) is 54.6 Å². The van der Waals surface area contributed by atoms with Crippen molar-refractivity contribution in [2.45, 2.75) is 6.18 Å². The van der Waals surface area contributed by atoms with E-state index < -0.39 is 24.7 Å². The molecule has 0 radical (unpaired) electrons. The minimum Gasteiger partial charge on any atom is -0.483 e. The van der Waals surface area contributed by atoms with E-state index in [1.807, 2.05) is 0 Å². The fourth-order valence-corrected chi connectivity index (χ4v) is 2.89. The fourth-order valence-electron chi connectivity index (χ4n) is 2.89. The van der Waals surface area contributed by atoms with Gasteiger partial charge in [0.05, 0.1) is 19.9 Å². The Balaban J connectivity index is 2.28. The number of ether oxygens (including phenoxy) is 3. The Morgan fingerprint density at radius 2 is 1.55 bits per heavy atom. The first-order chi connectivity index (χ1) is 14.8. The van der Waals surface area contributed by atoms with Crippen LogP contribution in [0.2, 0.25) is 0 Å². The molecule has 10 heteroatoms. The van der Waals surface area contributed by atoms with Crippen LogP contribution >= 0.6 is 0 Å². The molecule has 31 heavy (non-hydrogen) atoms. The summed E-state index contributed by atoms with van der Waals surface area (Å²) in [6, 6.07) is 14.1. The molecule has 3 aromatic rings. The minimum absolute atomic E-state index is 0.0759. The SMILES string of the molecule is COC(=O)c1c(-c2ccccc2OCC(F)(F)F)nn(-c2ccccc2)c1C(=O)OC. The number of rotatable bonds is 6. The van der Waals surface area contributed by atoms with Gasteiger partial charge in [-0.1, -0.05) is 30.3 Å². The van der Waals surface area contributed by atoms with Gasteiger partial charge in [-0.2, -0.15) is 18.3 Å². The highest BCUT2D eigenvalue weighted by Gasteiger charge is 2.33. The van der Waals surface area contributed by atoms with Crippen molar-refractivity contribution >= 4 is 11.9 Å². The van der Waals surface area contributed by atoms with E-state index in [2.05, 4.69) is 5.10 Å². The Morgan fingerprint density at radius 1 is 0.935 bits per heavy atom. The second-order valence-electron chi connectivity index (χ2n) is 6.20. The van der Waals surface area contributed by atoms with Crippen molar-refractivity contribution in [1.82, 2.24) is 9.78 Å². The zero-order chi connectivity index (χ0) is 22.6. The normalized spacial score (nSPS) is 11.1.